The fourth-order valence-electron chi connectivity index (χ4n) is 3.42. The zero-order valence-electron chi connectivity index (χ0n) is 21.3. The van der Waals surface area contributed by atoms with Crippen molar-refractivity contribution < 1.29 is 8.42 Å². The minimum atomic E-state index is -3.64. The first kappa shape index (κ1) is 27.1. The zero-order valence-corrected chi connectivity index (χ0v) is 22.1. The van der Waals surface area contributed by atoms with Gasteiger partial charge >= 0.3 is 0 Å². The number of nitriles is 1. The Morgan fingerprint density at radius 1 is 1.26 bits per heavy atom. The van der Waals surface area contributed by atoms with Crippen molar-refractivity contribution in [1.82, 2.24) is 19.7 Å². The molecule has 0 amide bonds. The molecule has 0 aromatic carbocycles. The Morgan fingerprint density at radius 2 is 1.94 bits per heavy atom. The topological polar surface area (TPSA) is 126 Å². The molecule has 34 heavy (non-hydrogen) atoms. The summed E-state index contributed by atoms with van der Waals surface area (Å²) in [7, 11) is -2.00. The van der Waals surface area contributed by atoms with E-state index in [0.29, 0.717) is 11.9 Å². The Bertz CT molecular complexity index is 1230. The Balaban J connectivity index is 2.37. The second-order valence-electron chi connectivity index (χ2n) is 8.82. The van der Waals surface area contributed by atoms with Crippen LogP contribution in [0.4, 0.5) is 17.5 Å². The maximum Gasteiger partial charge on any atom is 0.228 e. The molecule has 10 heteroatoms. The van der Waals surface area contributed by atoms with Crippen molar-refractivity contribution in [3.8, 4) is 6.07 Å². The molecule has 9 nitrogen and oxygen atoms in total. The number of rotatable bonds is 10. The maximum atomic E-state index is 12.7. The third kappa shape index (κ3) is 6.44. The zero-order chi connectivity index (χ0) is 25.6. The molecule has 0 spiro atoms. The lowest BCUT2D eigenvalue weighted by atomic mass is 9.93. The third-order valence-electron chi connectivity index (χ3n) is 5.67. The van der Waals surface area contributed by atoms with E-state index in [9.17, 15) is 13.7 Å². The van der Waals surface area contributed by atoms with Gasteiger partial charge in [-0.05, 0) is 53.0 Å². The van der Waals surface area contributed by atoms with Gasteiger partial charge in [0.2, 0.25) is 20.8 Å². The van der Waals surface area contributed by atoms with Gasteiger partial charge in [0.05, 0.1) is 17.1 Å². The molecule has 0 fully saturated rings. The summed E-state index contributed by atoms with van der Waals surface area (Å²) in [6.45, 7) is 13.8. The molecule has 2 N–H and O–H groups in total. The number of hydrogen-bond acceptors (Lipinski definition) is 8. The van der Waals surface area contributed by atoms with Crippen LogP contribution in [0.1, 0.15) is 66.9 Å². The normalized spacial score (nSPS) is 13.9. The Kier molecular flexibility index (Phi) is 8.99. The van der Waals surface area contributed by atoms with Gasteiger partial charge in [-0.15, -0.1) is 0 Å². The van der Waals surface area contributed by atoms with Gasteiger partial charge in [-0.1, -0.05) is 31.4 Å². The molecule has 184 valence electrons. The minimum absolute atomic E-state index is 0.0875. The molecular weight excluding hydrogens is 450 g/mol. The standard InChI is InChI=1S/C24H35N7O2S/c1-9-10-16(4)19(7)17(5)11-18(6)27-24-26-13-20(12-25)22(29-24)28-21-14-31(8)30-23(21)34(32,33)15(2)3/h11,13-16H,9-10H2,1-8H3,(H2,26,27,28,29)/b18-11+,19-17+. The number of aromatic nitrogens is 4. The highest BCUT2D eigenvalue weighted by Gasteiger charge is 2.27. The SMILES string of the molecule is CCCC(C)/C(C)=C(C)/C=C(\C)Nc1ncc(C#N)c(Nc2cn(C)nc2S(=O)(=O)C(C)C)n1. The van der Waals surface area contributed by atoms with Crippen LogP contribution in [0.2, 0.25) is 0 Å². The third-order valence-corrected chi connectivity index (χ3v) is 7.75. The van der Waals surface area contributed by atoms with Crippen LogP contribution in [0.3, 0.4) is 0 Å². The van der Waals surface area contributed by atoms with Crippen LogP contribution in [0, 0.1) is 17.2 Å². The van der Waals surface area contributed by atoms with Crippen molar-refractivity contribution in [3.63, 3.8) is 0 Å². The maximum absolute atomic E-state index is 12.7. The van der Waals surface area contributed by atoms with E-state index < -0.39 is 15.1 Å². The van der Waals surface area contributed by atoms with Crippen LogP contribution in [0.5, 0.6) is 0 Å². The number of hydrogen-bond donors (Lipinski definition) is 2. The summed E-state index contributed by atoms with van der Waals surface area (Å²) >= 11 is 0. The predicted octanol–water partition coefficient (Wildman–Crippen LogP) is 5.10. The number of nitrogens with one attached hydrogen (secondary N) is 2. The van der Waals surface area contributed by atoms with Crippen LogP contribution in [-0.2, 0) is 16.9 Å². The van der Waals surface area contributed by atoms with Gasteiger partial charge in [0.1, 0.15) is 11.6 Å². The smallest absolute Gasteiger partial charge is 0.228 e. The van der Waals surface area contributed by atoms with Gasteiger partial charge in [0.25, 0.3) is 0 Å². The van der Waals surface area contributed by atoms with E-state index in [4.69, 9.17) is 0 Å². The highest BCUT2D eigenvalue weighted by molar-refractivity contribution is 7.92. The molecule has 1 unspecified atom stereocenters. The predicted molar refractivity (Wildman–Crippen MR) is 135 cm³/mol. The van der Waals surface area contributed by atoms with Gasteiger partial charge < -0.3 is 10.6 Å². The van der Waals surface area contributed by atoms with Crippen LogP contribution < -0.4 is 10.6 Å². The second kappa shape index (κ2) is 11.3. The van der Waals surface area contributed by atoms with Gasteiger partial charge in [-0.2, -0.15) is 15.3 Å². The minimum Gasteiger partial charge on any atom is -0.335 e. The Labute approximate surface area is 202 Å². The largest absolute Gasteiger partial charge is 0.335 e. The molecule has 0 aliphatic carbocycles. The number of nitrogens with zero attached hydrogens (tertiary/aromatic N) is 5. The Morgan fingerprint density at radius 3 is 2.53 bits per heavy atom. The van der Waals surface area contributed by atoms with Crippen molar-refractivity contribution in [2.45, 2.75) is 71.6 Å². The number of aryl methyl sites for hydroxylation is 1. The molecule has 0 aliphatic heterocycles. The molecule has 2 aromatic rings. The van der Waals surface area contributed by atoms with Crippen molar-refractivity contribution >= 4 is 27.3 Å². The average Bonchev–Trinajstić information content (AvgIpc) is 3.14. The molecule has 2 rings (SSSR count). The summed E-state index contributed by atoms with van der Waals surface area (Å²) in [6, 6.07) is 2.04. The Hall–Kier alpha value is -3.19. The van der Waals surface area contributed by atoms with Crippen LogP contribution in [-0.4, -0.2) is 33.4 Å². The lowest BCUT2D eigenvalue weighted by molar-refractivity contribution is 0.579. The lowest BCUT2D eigenvalue weighted by Crippen LogP contribution is -2.16. The quantitative estimate of drug-likeness (QED) is 0.445. The summed E-state index contributed by atoms with van der Waals surface area (Å²) in [5, 5.41) is 19.0. The van der Waals surface area contributed by atoms with Crippen molar-refractivity contribution in [3.05, 3.63) is 40.9 Å². The molecular formula is C24H35N7O2S. The van der Waals surface area contributed by atoms with Crippen LogP contribution in [0.15, 0.2) is 40.3 Å². The van der Waals surface area contributed by atoms with E-state index in [0.717, 1.165) is 18.5 Å². The van der Waals surface area contributed by atoms with Gasteiger partial charge in [0.15, 0.2) is 5.82 Å². The highest BCUT2D eigenvalue weighted by atomic mass is 32.2. The van der Waals surface area contributed by atoms with E-state index in [1.165, 1.54) is 22.0 Å². The number of allylic oxidation sites excluding steroid dienone is 4. The van der Waals surface area contributed by atoms with Gasteiger partial charge in [0, 0.05) is 18.9 Å². The second-order valence-corrected chi connectivity index (χ2v) is 11.2. The fraction of sp³-hybridized carbons (Fsp3) is 0.500. The van der Waals surface area contributed by atoms with E-state index in [1.807, 2.05) is 19.1 Å². The molecule has 0 bridgehead atoms. The fourth-order valence-corrected chi connectivity index (χ4v) is 4.52. The van der Waals surface area contributed by atoms with E-state index in [1.54, 1.807) is 27.1 Å². The summed E-state index contributed by atoms with van der Waals surface area (Å²) in [5.41, 5.74) is 3.80. The van der Waals surface area contributed by atoms with E-state index >= 15 is 0 Å². The molecule has 0 saturated carbocycles. The lowest BCUT2D eigenvalue weighted by Gasteiger charge is -2.14. The molecule has 2 heterocycles. The van der Waals surface area contributed by atoms with Crippen molar-refractivity contribution in [2.75, 3.05) is 10.6 Å². The van der Waals surface area contributed by atoms with E-state index in [2.05, 4.69) is 53.4 Å². The summed E-state index contributed by atoms with van der Waals surface area (Å²) in [6.07, 6.45) is 7.27. The van der Waals surface area contributed by atoms with Crippen LogP contribution >= 0.6 is 0 Å². The van der Waals surface area contributed by atoms with Gasteiger partial charge in [-0.3, -0.25) is 4.68 Å². The first-order valence-electron chi connectivity index (χ1n) is 11.3. The monoisotopic (exact) mass is 485 g/mol. The van der Waals surface area contributed by atoms with Crippen molar-refractivity contribution in [1.29, 1.82) is 5.26 Å². The molecule has 0 aliphatic rings. The van der Waals surface area contributed by atoms with Gasteiger partial charge in [-0.25, -0.2) is 13.4 Å². The van der Waals surface area contributed by atoms with Crippen LogP contribution in [0.25, 0.3) is 0 Å². The number of anilines is 3. The summed E-state index contributed by atoms with van der Waals surface area (Å²) in [4.78, 5) is 8.66. The number of sulfone groups is 1. The molecule has 2 aromatic heterocycles. The summed E-state index contributed by atoms with van der Waals surface area (Å²) in [5.74, 6) is 0.993. The molecule has 0 saturated heterocycles. The average molecular weight is 486 g/mol. The summed E-state index contributed by atoms with van der Waals surface area (Å²) < 4.78 is 26.9. The first-order chi connectivity index (χ1) is 15.9. The van der Waals surface area contributed by atoms with E-state index in [-0.39, 0.29) is 22.1 Å². The first-order valence-corrected chi connectivity index (χ1v) is 12.9. The molecule has 0 radical (unpaired) electrons. The van der Waals surface area contributed by atoms with Crippen molar-refractivity contribution in [2.24, 2.45) is 13.0 Å². The highest BCUT2D eigenvalue weighted by Crippen LogP contribution is 2.28. The molecule has 1 atom stereocenters.